The maximum atomic E-state index is 12.5. The number of carbonyl (C=O) groups excluding carboxylic acids is 2. The van der Waals surface area contributed by atoms with Gasteiger partial charge in [0.25, 0.3) is 11.8 Å². The molecule has 0 bridgehead atoms. The van der Waals surface area contributed by atoms with E-state index in [0.717, 1.165) is 0 Å². The number of aliphatic hydroxyl groups is 1. The second-order valence-corrected chi connectivity index (χ2v) is 5.47. The second-order valence-electron chi connectivity index (χ2n) is 5.47. The first-order valence-corrected chi connectivity index (χ1v) is 6.18. The Morgan fingerprint density at radius 1 is 1.42 bits per heavy atom. The number of pyridine rings is 1. The monoisotopic (exact) mass is 261 g/mol. The standard InChI is InChI=1S/C13H15N3O3/c1-7(2)12(3)11(18)15-13(19)9-8(5-4-6-14-9)10(17)16(12)13/h4-7,19H,1-3H3,(H,15,18). The van der Waals surface area contributed by atoms with E-state index in [1.807, 2.05) is 13.8 Å². The lowest BCUT2D eigenvalue weighted by atomic mass is 9.87. The lowest BCUT2D eigenvalue weighted by Gasteiger charge is -2.37. The van der Waals surface area contributed by atoms with Crippen LogP contribution in [0.4, 0.5) is 0 Å². The van der Waals surface area contributed by atoms with Crippen molar-refractivity contribution in [3.8, 4) is 0 Å². The predicted molar refractivity (Wildman–Crippen MR) is 65.7 cm³/mol. The van der Waals surface area contributed by atoms with E-state index in [4.69, 9.17) is 0 Å². The van der Waals surface area contributed by atoms with Gasteiger partial charge in [-0.2, -0.15) is 0 Å². The summed E-state index contributed by atoms with van der Waals surface area (Å²) in [5.74, 6) is -2.71. The summed E-state index contributed by atoms with van der Waals surface area (Å²) in [7, 11) is 0. The molecule has 1 aromatic rings. The highest BCUT2D eigenvalue weighted by Gasteiger charge is 2.66. The quantitative estimate of drug-likeness (QED) is 0.755. The fourth-order valence-corrected chi connectivity index (χ4v) is 2.80. The van der Waals surface area contributed by atoms with Crippen LogP contribution in [0.25, 0.3) is 0 Å². The van der Waals surface area contributed by atoms with E-state index in [9.17, 15) is 14.7 Å². The van der Waals surface area contributed by atoms with Crippen molar-refractivity contribution in [2.75, 3.05) is 0 Å². The first-order chi connectivity index (χ1) is 8.83. The topological polar surface area (TPSA) is 82.5 Å². The summed E-state index contributed by atoms with van der Waals surface area (Å²) in [6, 6.07) is 3.24. The Morgan fingerprint density at radius 3 is 2.74 bits per heavy atom. The zero-order chi connectivity index (χ0) is 14.0. The minimum atomic E-state index is -1.83. The van der Waals surface area contributed by atoms with E-state index in [2.05, 4.69) is 10.3 Å². The number of fused-ring (bicyclic) bond motifs is 3. The zero-order valence-corrected chi connectivity index (χ0v) is 11.0. The Bertz CT molecular complexity index is 601. The highest BCUT2D eigenvalue weighted by molar-refractivity contribution is 6.06. The van der Waals surface area contributed by atoms with Crippen molar-refractivity contribution in [3.63, 3.8) is 0 Å². The van der Waals surface area contributed by atoms with Crippen molar-refractivity contribution in [1.82, 2.24) is 15.2 Å². The fourth-order valence-electron chi connectivity index (χ4n) is 2.80. The summed E-state index contributed by atoms with van der Waals surface area (Å²) in [6.07, 6.45) is 1.49. The summed E-state index contributed by atoms with van der Waals surface area (Å²) >= 11 is 0. The van der Waals surface area contributed by atoms with Gasteiger partial charge in [-0.25, -0.2) is 0 Å². The molecule has 2 aliphatic rings. The number of rotatable bonds is 1. The molecule has 3 heterocycles. The highest BCUT2D eigenvalue weighted by Crippen LogP contribution is 2.46. The van der Waals surface area contributed by atoms with Gasteiger partial charge in [0.15, 0.2) is 0 Å². The molecule has 6 nitrogen and oxygen atoms in total. The van der Waals surface area contributed by atoms with E-state index in [1.54, 1.807) is 19.1 Å². The van der Waals surface area contributed by atoms with Crippen LogP contribution in [0.1, 0.15) is 36.8 Å². The Kier molecular flexibility index (Phi) is 2.12. The van der Waals surface area contributed by atoms with Gasteiger partial charge in [-0.15, -0.1) is 0 Å². The SMILES string of the molecule is CC(C)C1(C)C(=O)NC2(O)c3ncccc3C(=O)N21. The summed E-state index contributed by atoms with van der Waals surface area (Å²) in [6.45, 7) is 5.35. The zero-order valence-electron chi connectivity index (χ0n) is 11.0. The molecule has 19 heavy (non-hydrogen) atoms. The van der Waals surface area contributed by atoms with Crippen molar-refractivity contribution in [1.29, 1.82) is 0 Å². The molecule has 2 N–H and O–H groups in total. The molecule has 0 spiro atoms. The smallest absolute Gasteiger partial charge is 0.268 e. The van der Waals surface area contributed by atoms with Crippen LogP contribution in [0, 0.1) is 5.92 Å². The number of nitrogens with zero attached hydrogens (tertiary/aromatic N) is 2. The molecule has 2 aliphatic heterocycles. The highest BCUT2D eigenvalue weighted by atomic mass is 16.3. The Labute approximate surface area is 110 Å². The molecule has 1 fully saturated rings. The van der Waals surface area contributed by atoms with Crippen LogP contribution in [0.3, 0.4) is 0 Å². The summed E-state index contributed by atoms with van der Waals surface area (Å²) in [4.78, 5) is 30.0. The van der Waals surface area contributed by atoms with Crippen molar-refractivity contribution >= 4 is 11.8 Å². The number of carbonyl (C=O) groups is 2. The number of nitrogens with one attached hydrogen (secondary N) is 1. The third-order valence-electron chi connectivity index (χ3n) is 4.23. The van der Waals surface area contributed by atoms with Gasteiger partial charge in [-0.05, 0) is 25.0 Å². The van der Waals surface area contributed by atoms with Crippen LogP contribution in [-0.4, -0.2) is 32.3 Å². The third-order valence-corrected chi connectivity index (χ3v) is 4.23. The van der Waals surface area contributed by atoms with Gasteiger partial charge in [-0.1, -0.05) is 13.8 Å². The molecule has 2 unspecified atom stereocenters. The number of hydrogen-bond acceptors (Lipinski definition) is 4. The minimum absolute atomic E-state index is 0.139. The molecule has 6 heteroatoms. The average molecular weight is 261 g/mol. The first-order valence-electron chi connectivity index (χ1n) is 6.18. The molecule has 2 amide bonds. The summed E-state index contributed by atoms with van der Waals surface area (Å²) < 4.78 is 0. The van der Waals surface area contributed by atoms with E-state index in [-0.39, 0.29) is 23.4 Å². The minimum Gasteiger partial charge on any atom is -0.349 e. The predicted octanol–water partition coefficient (Wildman–Crippen LogP) is 0.184. The molecule has 1 saturated heterocycles. The Balaban J connectivity index is 2.25. The largest absolute Gasteiger partial charge is 0.349 e. The normalized spacial score (nSPS) is 32.6. The van der Waals surface area contributed by atoms with E-state index in [1.165, 1.54) is 11.1 Å². The first kappa shape index (κ1) is 12.1. The van der Waals surface area contributed by atoms with Crippen LogP contribution in [-0.2, 0) is 10.6 Å². The fraction of sp³-hybridized carbons (Fsp3) is 0.462. The molecule has 100 valence electrons. The second kappa shape index (κ2) is 3.33. The van der Waals surface area contributed by atoms with Gasteiger partial charge in [0.05, 0.1) is 5.56 Å². The molecule has 1 aromatic heterocycles. The Hall–Kier alpha value is -1.95. The van der Waals surface area contributed by atoms with Gasteiger partial charge in [0.2, 0.25) is 5.91 Å². The maximum absolute atomic E-state index is 12.5. The molecule has 0 radical (unpaired) electrons. The van der Waals surface area contributed by atoms with Crippen molar-refractivity contribution in [2.24, 2.45) is 5.92 Å². The average Bonchev–Trinajstić information content (AvgIpc) is 2.71. The molecule has 0 saturated carbocycles. The van der Waals surface area contributed by atoms with Gasteiger partial charge in [-0.3, -0.25) is 19.5 Å². The summed E-state index contributed by atoms with van der Waals surface area (Å²) in [5.41, 5.74) is -0.568. The summed E-state index contributed by atoms with van der Waals surface area (Å²) in [5, 5.41) is 13.2. The maximum Gasteiger partial charge on any atom is 0.268 e. The van der Waals surface area contributed by atoms with Crippen LogP contribution < -0.4 is 5.32 Å². The Morgan fingerprint density at radius 2 is 2.11 bits per heavy atom. The molecule has 3 rings (SSSR count). The van der Waals surface area contributed by atoms with E-state index >= 15 is 0 Å². The van der Waals surface area contributed by atoms with Gasteiger partial charge in [0, 0.05) is 6.20 Å². The van der Waals surface area contributed by atoms with Crippen LogP contribution in [0.15, 0.2) is 18.3 Å². The van der Waals surface area contributed by atoms with Crippen molar-refractivity contribution in [2.45, 2.75) is 32.2 Å². The number of hydrogen-bond donors (Lipinski definition) is 2. The molecule has 0 aliphatic carbocycles. The molecular weight excluding hydrogens is 246 g/mol. The molecule has 2 atom stereocenters. The lowest BCUT2D eigenvalue weighted by molar-refractivity contribution is -0.127. The lowest BCUT2D eigenvalue weighted by Crippen LogP contribution is -2.55. The van der Waals surface area contributed by atoms with Crippen LogP contribution in [0.2, 0.25) is 0 Å². The van der Waals surface area contributed by atoms with Gasteiger partial charge in [0.1, 0.15) is 11.2 Å². The van der Waals surface area contributed by atoms with E-state index < -0.39 is 11.4 Å². The van der Waals surface area contributed by atoms with Crippen LogP contribution in [0.5, 0.6) is 0 Å². The van der Waals surface area contributed by atoms with Crippen molar-refractivity contribution < 1.29 is 14.7 Å². The van der Waals surface area contributed by atoms with Crippen molar-refractivity contribution in [3.05, 3.63) is 29.6 Å². The number of aromatic nitrogens is 1. The van der Waals surface area contributed by atoms with E-state index in [0.29, 0.717) is 5.56 Å². The third kappa shape index (κ3) is 1.17. The number of amides is 2. The molecule has 0 aromatic carbocycles. The molecular formula is C13H15N3O3. The van der Waals surface area contributed by atoms with Gasteiger partial charge >= 0.3 is 0 Å². The van der Waals surface area contributed by atoms with Gasteiger partial charge < -0.3 is 10.4 Å². The van der Waals surface area contributed by atoms with Crippen LogP contribution >= 0.6 is 0 Å².